The van der Waals surface area contributed by atoms with Gasteiger partial charge in [-0.3, -0.25) is 9.69 Å². The largest absolute Gasteiger partial charge is 0.416 e. The molecule has 1 N–H and O–H groups in total. The van der Waals surface area contributed by atoms with E-state index in [1.165, 1.54) is 12.1 Å². The first kappa shape index (κ1) is 23.9. The Morgan fingerprint density at radius 3 is 2.56 bits per heavy atom. The Morgan fingerprint density at radius 1 is 1.12 bits per heavy atom. The maximum atomic E-state index is 12.8. The first-order chi connectivity index (χ1) is 16.3. The minimum absolute atomic E-state index is 0.148. The van der Waals surface area contributed by atoms with E-state index in [2.05, 4.69) is 20.5 Å². The second kappa shape index (κ2) is 10.4. The van der Waals surface area contributed by atoms with Crippen LogP contribution in [0.3, 0.4) is 0 Å². The van der Waals surface area contributed by atoms with E-state index in [0.29, 0.717) is 36.6 Å². The minimum Gasteiger partial charge on any atom is -0.379 e. The van der Waals surface area contributed by atoms with Crippen molar-refractivity contribution in [3.05, 3.63) is 70.9 Å². The number of rotatable bonds is 7. The van der Waals surface area contributed by atoms with Crippen molar-refractivity contribution < 1.29 is 22.7 Å². The molecule has 34 heavy (non-hydrogen) atoms. The number of benzene rings is 2. The Labute approximate surface area is 195 Å². The Balaban J connectivity index is 1.40. The van der Waals surface area contributed by atoms with Crippen LogP contribution in [0.4, 0.5) is 13.2 Å². The number of hydrogen-bond acceptors (Lipinski definition) is 5. The number of hydrogen-bond donors (Lipinski definition) is 1. The maximum absolute atomic E-state index is 12.8. The molecule has 1 aromatic heterocycles. The number of morpholine rings is 1. The van der Waals surface area contributed by atoms with Gasteiger partial charge < -0.3 is 10.1 Å². The first-order valence-corrected chi connectivity index (χ1v) is 11.1. The molecule has 7 nitrogen and oxygen atoms in total. The molecule has 1 aliphatic rings. The topological polar surface area (TPSA) is 72.3 Å². The molecule has 1 saturated heterocycles. The number of nitrogens with one attached hydrogen (secondary N) is 1. The van der Waals surface area contributed by atoms with Crippen molar-refractivity contribution in [3.8, 4) is 11.3 Å². The number of amides is 1. The van der Waals surface area contributed by atoms with Crippen LogP contribution < -0.4 is 5.32 Å². The van der Waals surface area contributed by atoms with Gasteiger partial charge in [-0.05, 0) is 36.2 Å². The summed E-state index contributed by atoms with van der Waals surface area (Å²) in [6.45, 7) is 6.65. The van der Waals surface area contributed by atoms with E-state index in [-0.39, 0.29) is 12.5 Å². The van der Waals surface area contributed by atoms with Crippen LogP contribution in [0.5, 0.6) is 0 Å². The third-order valence-electron chi connectivity index (χ3n) is 5.76. The van der Waals surface area contributed by atoms with Gasteiger partial charge in [0.2, 0.25) is 0 Å². The summed E-state index contributed by atoms with van der Waals surface area (Å²) in [6.07, 6.45) is -2.65. The van der Waals surface area contributed by atoms with Crippen LogP contribution in [-0.2, 0) is 17.5 Å². The number of nitrogens with zero attached hydrogens (tertiary/aromatic N) is 4. The molecule has 0 aliphatic carbocycles. The number of alkyl halides is 3. The average molecular weight is 473 g/mol. The maximum Gasteiger partial charge on any atom is 0.416 e. The highest BCUT2D eigenvalue weighted by Gasteiger charge is 2.29. The Hall–Kier alpha value is -3.24. The zero-order valence-corrected chi connectivity index (χ0v) is 18.8. The van der Waals surface area contributed by atoms with Gasteiger partial charge in [-0.1, -0.05) is 29.5 Å². The van der Waals surface area contributed by atoms with Gasteiger partial charge in [-0.15, -0.1) is 5.10 Å². The molecule has 180 valence electrons. The van der Waals surface area contributed by atoms with E-state index in [1.807, 2.05) is 19.1 Å². The average Bonchev–Trinajstić information content (AvgIpc) is 3.28. The van der Waals surface area contributed by atoms with Gasteiger partial charge in [0.1, 0.15) is 5.69 Å². The zero-order chi connectivity index (χ0) is 24.1. The third-order valence-corrected chi connectivity index (χ3v) is 5.76. The molecule has 0 atom stereocenters. The number of aromatic nitrogens is 3. The summed E-state index contributed by atoms with van der Waals surface area (Å²) < 4.78 is 45.1. The second-order valence-corrected chi connectivity index (χ2v) is 8.24. The quantitative estimate of drug-likeness (QED) is 0.570. The molecule has 2 aromatic carbocycles. The fourth-order valence-corrected chi connectivity index (χ4v) is 3.77. The van der Waals surface area contributed by atoms with Gasteiger partial charge in [0, 0.05) is 37.3 Å². The lowest BCUT2D eigenvalue weighted by atomic mass is 10.0. The molecule has 3 aromatic rings. The van der Waals surface area contributed by atoms with Gasteiger partial charge in [0.15, 0.2) is 0 Å². The van der Waals surface area contributed by atoms with Crippen molar-refractivity contribution in [1.82, 2.24) is 25.2 Å². The minimum atomic E-state index is -4.36. The van der Waals surface area contributed by atoms with Crippen molar-refractivity contribution >= 4 is 5.91 Å². The van der Waals surface area contributed by atoms with E-state index < -0.39 is 11.7 Å². The molecule has 0 unspecified atom stereocenters. The summed E-state index contributed by atoms with van der Waals surface area (Å²) in [5.74, 6) is -0.148. The highest BCUT2D eigenvalue weighted by molar-refractivity contribution is 5.96. The van der Waals surface area contributed by atoms with Crippen LogP contribution in [0.15, 0.2) is 48.7 Å². The van der Waals surface area contributed by atoms with Crippen LogP contribution in [0.25, 0.3) is 11.3 Å². The zero-order valence-electron chi connectivity index (χ0n) is 18.8. The smallest absolute Gasteiger partial charge is 0.379 e. The molecule has 1 amide bonds. The lowest BCUT2D eigenvalue weighted by molar-refractivity contribution is -0.137. The normalized spacial score (nSPS) is 14.8. The molecule has 1 aliphatic heterocycles. The number of halogens is 3. The van der Waals surface area contributed by atoms with Crippen LogP contribution in [0, 0.1) is 6.92 Å². The van der Waals surface area contributed by atoms with Crippen molar-refractivity contribution in [2.75, 3.05) is 39.4 Å². The molecule has 0 saturated carbocycles. The van der Waals surface area contributed by atoms with Crippen LogP contribution in [-0.4, -0.2) is 65.2 Å². The Kier molecular flexibility index (Phi) is 7.28. The van der Waals surface area contributed by atoms with E-state index in [1.54, 1.807) is 16.9 Å². The summed E-state index contributed by atoms with van der Waals surface area (Å²) >= 11 is 0. The predicted molar refractivity (Wildman–Crippen MR) is 120 cm³/mol. The summed E-state index contributed by atoms with van der Waals surface area (Å²) in [4.78, 5) is 15.0. The van der Waals surface area contributed by atoms with E-state index in [0.717, 1.165) is 42.9 Å². The molecule has 10 heteroatoms. The highest BCUT2D eigenvalue weighted by Crippen LogP contribution is 2.29. The second-order valence-electron chi connectivity index (χ2n) is 8.24. The van der Waals surface area contributed by atoms with Gasteiger partial charge in [0.05, 0.1) is 31.5 Å². The lowest BCUT2D eigenvalue weighted by Gasteiger charge is -2.26. The highest BCUT2D eigenvalue weighted by atomic mass is 19.4. The SMILES string of the molecule is Cc1ccc(-c2cn(Cc3ccc(C(F)(F)F)cc3)nn2)cc1C(=O)NCCN1CCOCC1. The molecule has 0 radical (unpaired) electrons. The molecule has 4 rings (SSSR count). The third kappa shape index (κ3) is 6.00. The molecule has 2 heterocycles. The number of aryl methyl sites for hydroxylation is 1. The van der Waals surface area contributed by atoms with Gasteiger partial charge in [-0.25, -0.2) is 4.68 Å². The van der Waals surface area contributed by atoms with E-state index in [4.69, 9.17) is 4.74 Å². The summed E-state index contributed by atoms with van der Waals surface area (Å²) in [6, 6.07) is 10.5. The molecule has 0 spiro atoms. The van der Waals surface area contributed by atoms with E-state index >= 15 is 0 Å². The van der Waals surface area contributed by atoms with Crippen molar-refractivity contribution in [2.45, 2.75) is 19.6 Å². The van der Waals surface area contributed by atoms with Crippen molar-refractivity contribution in [2.24, 2.45) is 0 Å². The number of carbonyl (C=O) groups excluding carboxylic acids is 1. The lowest BCUT2D eigenvalue weighted by Crippen LogP contribution is -2.41. The fourth-order valence-electron chi connectivity index (χ4n) is 3.77. The van der Waals surface area contributed by atoms with Crippen LogP contribution >= 0.6 is 0 Å². The summed E-state index contributed by atoms with van der Waals surface area (Å²) in [5, 5.41) is 11.2. The Morgan fingerprint density at radius 2 is 1.85 bits per heavy atom. The van der Waals surface area contributed by atoms with Gasteiger partial charge >= 0.3 is 6.18 Å². The van der Waals surface area contributed by atoms with E-state index in [9.17, 15) is 18.0 Å². The van der Waals surface area contributed by atoms with Crippen LogP contribution in [0.1, 0.15) is 27.0 Å². The fraction of sp³-hybridized carbons (Fsp3) is 0.375. The summed E-state index contributed by atoms with van der Waals surface area (Å²) in [5.41, 5.74) is 2.72. The molecule has 0 bridgehead atoms. The predicted octanol–water partition coefficient (Wildman–Crippen LogP) is 3.38. The van der Waals surface area contributed by atoms with Crippen molar-refractivity contribution in [3.63, 3.8) is 0 Å². The molecule has 1 fully saturated rings. The number of carbonyl (C=O) groups is 1. The van der Waals surface area contributed by atoms with Crippen LogP contribution in [0.2, 0.25) is 0 Å². The molecular formula is C24H26F3N5O2. The van der Waals surface area contributed by atoms with Crippen molar-refractivity contribution in [1.29, 1.82) is 0 Å². The first-order valence-electron chi connectivity index (χ1n) is 11.1. The molecular weight excluding hydrogens is 447 g/mol. The standard InChI is InChI=1S/C24H26F3N5O2/c1-17-2-5-19(14-21(17)23(33)28-8-9-31-10-12-34-13-11-31)22-16-32(30-29-22)15-18-3-6-20(7-4-18)24(25,26)27/h2-7,14,16H,8-13,15H2,1H3,(H,28,33). The van der Waals surface area contributed by atoms with Gasteiger partial charge in [-0.2, -0.15) is 13.2 Å². The monoisotopic (exact) mass is 473 g/mol. The van der Waals surface area contributed by atoms with Gasteiger partial charge in [0.25, 0.3) is 5.91 Å². The number of ether oxygens (including phenoxy) is 1. The summed E-state index contributed by atoms with van der Waals surface area (Å²) in [7, 11) is 0. The Bertz CT molecular complexity index is 1120.